The van der Waals surface area contributed by atoms with Crippen molar-refractivity contribution in [1.29, 1.82) is 0 Å². The van der Waals surface area contributed by atoms with Gasteiger partial charge in [0.2, 0.25) is 10.0 Å². The zero-order valence-electron chi connectivity index (χ0n) is 13.5. The summed E-state index contributed by atoms with van der Waals surface area (Å²) in [6.07, 6.45) is 3.21. The summed E-state index contributed by atoms with van der Waals surface area (Å²) in [4.78, 5) is 11.9. The summed E-state index contributed by atoms with van der Waals surface area (Å²) in [6.45, 7) is 13.6. The minimum absolute atomic E-state index is 0.0429. The van der Waals surface area contributed by atoms with Crippen molar-refractivity contribution in [1.82, 2.24) is 4.31 Å². The standard InChI is InChI=1S/C14H27NO4SSi/c1-7-9-13(14(16)19-3)15(10-8-2)20(17,18)11-12-21(4,5)6/h7-8,13H,1-2,9-12H2,3-6H3. The number of esters is 1. The highest BCUT2D eigenvalue weighted by molar-refractivity contribution is 7.89. The van der Waals surface area contributed by atoms with Crippen LogP contribution < -0.4 is 0 Å². The number of sulfonamides is 1. The number of carbonyl (C=O) groups excluding carboxylic acids is 1. The minimum Gasteiger partial charge on any atom is -0.468 e. The van der Waals surface area contributed by atoms with Crippen LogP contribution in [0.1, 0.15) is 6.42 Å². The smallest absolute Gasteiger partial charge is 0.324 e. The second kappa shape index (κ2) is 8.50. The molecule has 0 aliphatic heterocycles. The summed E-state index contributed by atoms with van der Waals surface area (Å²) in [5.41, 5.74) is 0. The normalized spacial score (nSPS) is 13.8. The van der Waals surface area contributed by atoms with E-state index < -0.39 is 30.1 Å². The zero-order valence-corrected chi connectivity index (χ0v) is 15.3. The fourth-order valence-corrected chi connectivity index (χ4v) is 6.35. The lowest BCUT2D eigenvalue weighted by Crippen LogP contribution is -2.47. The maximum atomic E-state index is 12.6. The van der Waals surface area contributed by atoms with Gasteiger partial charge < -0.3 is 4.74 Å². The van der Waals surface area contributed by atoms with Crippen LogP contribution in [0, 0.1) is 0 Å². The Hall–Kier alpha value is -0.923. The Labute approximate surface area is 129 Å². The van der Waals surface area contributed by atoms with E-state index in [-0.39, 0.29) is 18.7 Å². The van der Waals surface area contributed by atoms with Gasteiger partial charge in [0.25, 0.3) is 0 Å². The maximum absolute atomic E-state index is 12.6. The summed E-state index contributed by atoms with van der Waals surface area (Å²) in [6, 6.07) is -0.234. The van der Waals surface area contributed by atoms with Crippen LogP contribution in [0.2, 0.25) is 25.7 Å². The van der Waals surface area contributed by atoms with Crippen molar-refractivity contribution in [2.75, 3.05) is 19.4 Å². The molecule has 0 rings (SSSR count). The van der Waals surface area contributed by atoms with E-state index in [9.17, 15) is 13.2 Å². The number of ether oxygens (including phenoxy) is 1. The Bertz CT molecular complexity index is 468. The molecule has 0 aromatic rings. The Kier molecular flexibility index (Phi) is 8.13. The van der Waals surface area contributed by atoms with Crippen molar-refractivity contribution in [3.05, 3.63) is 25.3 Å². The highest BCUT2D eigenvalue weighted by Gasteiger charge is 2.34. The molecular formula is C14H27NO4SSi. The van der Waals surface area contributed by atoms with Gasteiger partial charge in [0.1, 0.15) is 6.04 Å². The molecule has 1 atom stereocenters. The summed E-state index contributed by atoms with van der Waals surface area (Å²) in [7, 11) is -3.79. The topological polar surface area (TPSA) is 63.7 Å². The predicted octanol–water partition coefficient (Wildman–Crippen LogP) is 2.26. The minimum atomic E-state index is -3.55. The molecule has 0 saturated heterocycles. The van der Waals surface area contributed by atoms with Gasteiger partial charge in [-0.15, -0.1) is 13.2 Å². The lowest BCUT2D eigenvalue weighted by atomic mass is 10.2. The van der Waals surface area contributed by atoms with E-state index in [0.717, 1.165) is 0 Å². The van der Waals surface area contributed by atoms with Crippen molar-refractivity contribution in [3.63, 3.8) is 0 Å². The highest BCUT2D eigenvalue weighted by atomic mass is 32.2. The Balaban J connectivity index is 5.36. The number of rotatable bonds is 10. The fourth-order valence-electron chi connectivity index (χ4n) is 1.74. The third-order valence-electron chi connectivity index (χ3n) is 2.99. The highest BCUT2D eigenvalue weighted by Crippen LogP contribution is 2.17. The summed E-state index contributed by atoms with van der Waals surface area (Å²) >= 11 is 0. The molecule has 0 bridgehead atoms. The van der Waals surface area contributed by atoms with E-state index in [1.807, 2.05) is 0 Å². The molecule has 0 aliphatic carbocycles. The zero-order chi connectivity index (χ0) is 16.7. The Morgan fingerprint density at radius 1 is 1.29 bits per heavy atom. The number of methoxy groups -OCH3 is 1. The van der Waals surface area contributed by atoms with E-state index in [1.54, 1.807) is 0 Å². The van der Waals surface area contributed by atoms with Crippen LogP contribution in [0.15, 0.2) is 25.3 Å². The molecule has 1 unspecified atom stereocenters. The lowest BCUT2D eigenvalue weighted by Gasteiger charge is -2.28. The van der Waals surface area contributed by atoms with Crippen molar-refractivity contribution >= 4 is 24.1 Å². The van der Waals surface area contributed by atoms with Gasteiger partial charge in [-0.2, -0.15) is 4.31 Å². The third kappa shape index (κ3) is 7.06. The van der Waals surface area contributed by atoms with Gasteiger partial charge in [-0.25, -0.2) is 8.42 Å². The predicted molar refractivity (Wildman–Crippen MR) is 89.5 cm³/mol. The van der Waals surface area contributed by atoms with E-state index in [1.165, 1.54) is 23.6 Å². The average Bonchev–Trinajstić information content (AvgIpc) is 2.39. The molecular weight excluding hydrogens is 306 g/mol. The van der Waals surface area contributed by atoms with E-state index in [2.05, 4.69) is 32.8 Å². The van der Waals surface area contributed by atoms with Gasteiger partial charge in [0.15, 0.2) is 0 Å². The summed E-state index contributed by atoms with van der Waals surface area (Å²) in [5.74, 6) is -0.533. The number of hydrogen-bond acceptors (Lipinski definition) is 4. The van der Waals surface area contributed by atoms with Gasteiger partial charge in [-0.3, -0.25) is 4.79 Å². The summed E-state index contributed by atoms with van der Waals surface area (Å²) < 4.78 is 31.0. The average molecular weight is 334 g/mol. The first-order valence-corrected chi connectivity index (χ1v) is 12.2. The van der Waals surface area contributed by atoms with E-state index >= 15 is 0 Å². The first-order valence-electron chi connectivity index (χ1n) is 6.88. The van der Waals surface area contributed by atoms with E-state index in [4.69, 9.17) is 4.74 Å². The Morgan fingerprint density at radius 3 is 2.24 bits per heavy atom. The van der Waals surface area contributed by atoms with Crippen LogP contribution in [0.5, 0.6) is 0 Å². The molecule has 0 fully saturated rings. The van der Waals surface area contributed by atoms with Gasteiger partial charge >= 0.3 is 5.97 Å². The van der Waals surface area contributed by atoms with Crippen molar-refractivity contribution in [2.45, 2.75) is 38.1 Å². The van der Waals surface area contributed by atoms with E-state index in [0.29, 0.717) is 6.04 Å². The van der Waals surface area contributed by atoms with Crippen LogP contribution in [0.4, 0.5) is 0 Å². The molecule has 5 nitrogen and oxygen atoms in total. The molecule has 0 saturated carbocycles. The SMILES string of the molecule is C=CCC(C(=O)OC)N(CC=C)S(=O)(=O)CC[Si](C)(C)C. The molecule has 0 heterocycles. The molecule has 0 amide bonds. The quantitative estimate of drug-likeness (QED) is 0.349. The number of hydrogen-bond donors (Lipinski definition) is 0. The van der Waals surface area contributed by atoms with Crippen LogP contribution in [0.3, 0.4) is 0 Å². The van der Waals surface area contributed by atoms with Crippen LogP contribution in [-0.4, -0.2) is 52.2 Å². The van der Waals surface area contributed by atoms with Crippen LogP contribution in [-0.2, 0) is 19.6 Å². The molecule has 21 heavy (non-hydrogen) atoms. The summed E-state index contributed by atoms with van der Waals surface area (Å²) in [5, 5.41) is 0. The van der Waals surface area contributed by atoms with Crippen molar-refractivity contribution < 1.29 is 17.9 Å². The first kappa shape index (κ1) is 20.1. The van der Waals surface area contributed by atoms with Crippen LogP contribution >= 0.6 is 0 Å². The maximum Gasteiger partial charge on any atom is 0.324 e. The number of nitrogens with zero attached hydrogens (tertiary/aromatic N) is 1. The molecule has 0 aromatic heterocycles. The molecule has 7 heteroatoms. The monoisotopic (exact) mass is 333 g/mol. The largest absolute Gasteiger partial charge is 0.468 e. The van der Waals surface area contributed by atoms with Gasteiger partial charge in [0, 0.05) is 14.6 Å². The fraction of sp³-hybridized carbons (Fsp3) is 0.643. The molecule has 0 spiro atoms. The van der Waals surface area contributed by atoms with Gasteiger partial charge in [-0.05, 0) is 12.5 Å². The second-order valence-corrected chi connectivity index (χ2v) is 13.7. The molecule has 0 N–H and O–H groups in total. The molecule has 0 aliphatic rings. The van der Waals surface area contributed by atoms with Crippen LogP contribution in [0.25, 0.3) is 0 Å². The molecule has 122 valence electrons. The van der Waals surface area contributed by atoms with Gasteiger partial charge in [-0.1, -0.05) is 31.8 Å². The number of carbonyl (C=O) groups is 1. The molecule has 0 aromatic carbocycles. The van der Waals surface area contributed by atoms with Crippen molar-refractivity contribution in [3.8, 4) is 0 Å². The first-order chi connectivity index (χ1) is 9.59. The second-order valence-electron chi connectivity index (χ2n) is 6.05. The Morgan fingerprint density at radius 2 is 1.86 bits per heavy atom. The molecule has 0 radical (unpaired) electrons. The van der Waals surface area contributed by atoms with Gasteiger partial charge in [0.05, 0.1) is 12.9 Å². The lowest BCUT2D eigenvalue weighted by molar-refractivity contribution is -0.144. The third-order valence-corrected chi connectivity index (χ3v) is 6.94. The van der Waals surface area contributed by atoms with Crippen molar-refractivity contribution in [2.24, 2.45) is 0 Å².